The summed E-state index contributed by atoms with van der Waals surface area (Å²) in [6, 6.07) is 5.00. The third-order valence-electron chi connectivity index (χ3n) is 4.26. The Bertz CT molecular complexity index is 866. The molecule has 2 aromatic rings. The van der Waals surface area contributed by atoms with Crippen LogP contribution in [-0.2, 0) is 22.4 Å². The predicted molar refractivity (Wildman–Crippen MR) is 108 cm³/mol. The molecule has 27 heavy (non-hydrogen) atoms. The quantitative estimate of drug-likeness (QED) is 0.491. The number of thiophene rings is 1. The molecule has 8 heteroatoms. The number of fused-ring (bicyclic) bond motifs is 1. The molecular weight excluding hydrogens is 409 g/mol. The van der Waals surface area contributed by atoms with Crippen LogP contribution in [0, 0.1) is 0 Å². The first-order valence-corrected chi connectivity index (χ1v) is 10.2. The molecule has 0 aliphatic heterocycles. The van der Waals surface area contributed by atoms with Crippen molar-refractivity contribution in [1.29, 1.82) is 0 Å². The van der Waals surface area contributed by atoms with Crippen molar-refractivity contribution in [3.05, 3.63) is 44.2 Å². The summed E-state index contributed by atoms with van der Waals surface area (Å²) >= 11 is 13.4. The third-order valence-corrected chi connectivity index (χ3v) is 6.00. The number of rotatable bonds is 7. The van der Waals surface area contributed by atoms with Crippen molar-refractivity contribution in [2.45, 2.75) is 32.1 Å². The highest BCUT2D eigenvalue weighted by molar-refractivity contribution is 7.17. The minimum atomic E-state index is -0.398. The van der Waals surface area contributed by atoms with Crippen LogP contribution in [0.25, 0.3) is 0 Å². The average molecular weight is 428 g/mol. The van der Waals surface area contributed by atoms with Gasteiger partial charge in [-0.15, -0.1) is 11.3 Å². The normalized spacial score (nSPS) is 12.6. The number of nitrogens with one attached hydrogen (secondary N) is 1. The number of hydrogen-bond acceptors (Lipinski definition) is 5. The van der Waals surface area contributed by atoms with Gasteiger partial charge in [0, 0.05) is 16.3 Å². The van der Waals surface area contributed by atoms with E-state index >= 15 is 0 Å². The lowest BCUT2D eigenvalue weighted by atomic mass is 10.1. The van der Waals surface area contributed by atoms with E-state index in [0.717, 1.165) is 29.7 Å². The Labute approximate surface area is 171 Å². The zero-order valence-electron chi connectivity index (χ0n) is 14.8. The molecule has 5 nitrogen and oxygen atoms in total. The average Bonchev–Trinajstić information content (AvgIpc) is 3.20. The molecule has 1 aliphatic carbocycles. The van der Waals surface area contributed by atoms with Crippen LogP contribution in [0.2, 0.25) is 10.0 Å². The van der Waals surface area contributed by atoms with Gasteiger partial charge in [0.05, 0.1) is 24.3 Å². The molecule has 1 amide bonds. The Morgan fingerprint density at radius 3 is 2.81 bits per heavy atom. The summed E-state index contributed by atoms with van der Waals surface area (Å²) in [6.45, 7) is 0.347. The van der Waals surface area contributed by atoms with Crippen molar-refractivity contribution in [2.75, 3.05) is 19.0 Å². The summed E-state index contributed by atoms with van der Waals surface area (Å²) in [5.41, 5.74) is 1.52. The van der Waals surface area contributed by atoms with Crippen LogP contribution in [0.3, 0.4) is 0 Å². The van der Waals surface area contributed by atoms with Gasteiger partial charge in [-0.2, -0.15) is 0 Å². The fourth-order valence-electron chi connectivity index (χ4n) is 3.01. The van der Waals surface area contributed by atoms with E-state index in [9.17, 15) is 9.59 Å². The molecule has 1 aliphatic rings. The van der Waals surface area contributed by atoms with Crippen molar-refractivity contribution in [2.24, 2.45) is 0 Å². The van der Waals surface area contributed by atoms with Crippen molar-refractivity contribution < 1.29 is 19.1 Å². The zero-order chi connectivity index (χ0) is 19.4. The minimum absolute atomic E-state index is 0.161. The molecule has 0 saturated heterocycles. The second kappa shape index (κ2) is 8.95. The van der Waals surface area contributed by atoms with Crippen LogP contribution in [0.1, 0.15) is 40.1 Å². The predicted octanol–water partition coefficient (Wildman–Crippen LogP) is 5.13. The molecule has 0 spiro atoms. The SMILES string of the molecule is COC(=O)c1c(NC(=O)CCCOc2ccc(Cl)cc2Cl)sc2c1CCC2. The van der Waals surface area contributed by atoms with E-state index in [1.807, 2.05) is 0 Å². The van der Waals surface area contributed by atoms with Crippen LogP contribution in [0.4, 0.5) is 5.00 Å². The van der Waals surface area contributed by atoms with E-state index in [2.05, 4.69) is 5.32 Å². The van der Waals surface area contributed by atoms with E-state index in [0.29, 0.717) is 39.4 Å². The molecule has 0 radical (unpaired) electrons. The molecule has 0 atom stereocenters. The fraction of sp³-hybridized carbons (Fsp3) is 0.368. The highest BCUT2D eigenvalue weighted by Crippen LogP contribution is 2.39. The van der Waals surface area contributed by atoms with Crippen molar-refractivity contribution >= 4 is 51.4 Å². The summed E-state index contributed by atoms with van der Waals surface area (Å²) in [6.07, 6.45) is 3.61. The highest BCUT2D eigenvalue weighted by Gasteiger charge is 2.27. The first-order valence-electron chi connectivity index (χ1n) is 8.60. The van der Waals surface area contributed by atoms with Crippen LogP contribution in [0.5, 0.6) is 5.75 Å². The van der Waals surface area contributed by atoms with E-state index < -0.39 is 5.97 Å². The molecule has 1 aromatic carbocycles. The van der Waals surface area contributed by atoms with Gasteiger partial charge in [-0.05, 0) is 49.4 Å². The number of esters is 1. The van der Waals surface area contributed by atoms with Crippen LogP contribution in [0.15, 0.2) is 18.2 Å². The molecule has 1 aromatic heterocycles. The summed E-state index contributed by atoms with van der Waals surface area (Å²) in [5, 5.41) is 4.41. The van der Waals surface area contributed by atoms with Crippen molar-refractivity contribution in [3.8, 4) is 5.75 Å². The number of methoxy groups -OCH3 is 1. The number of benzene rings is 1. The first-order chi connectivity index (χ1) is 13.0. The maximum atomic E-state index is 12.3. The Morgan fingerprint density at radius 2 is 2.07 bits per heavy atom. The smallest absolute Gasteiger partial charge is 0.341 e. The van der Waals surface area contributed by atoms with E-state index in [1.54, 1.807) is 18.2 Å². The lowest BCUT2D eigenvalue weighted by molar-refractivity contribution is -0.116. The van der Waals surface area contributed by atoms with E-state index in [1.165, 1.54) is 18.4 Å². The van der Waals surface area contributed by atoms with Crippen molar-refractivity contribution in [3.63, 3.8) is 0 Å². The van der Waals surface area contributed by atoms with Gasteiger partial charge in [0.2, 0.25) is 5.91 Å². The number of carbonyl (C=O) groups excluding carboxylic acids is 2. The molecule has 0 bridgehead atoms. The van der Waals surface area contributed by atoms with Crippen LogP contribution < -0.4 is 10.1 Å². The number of halogens is 2. The molecule has 144 valence electrons. The van der Waals surface area contributed by atoms with Crippen LogP contribution >= 0.6 is 34.5 Å². The lowest BCUT2D eigenvalue weighted by Crippen LogP contribution is -2.15. The lowest BCUT2D eigenvalue weighted by Gasteiger charge is -2.09. The molecule has 1 heterocycles. The summed E-state index contributed by atoms with van der Waals surface area (Å²) in [4.78, 5) is 25.5. The number of hydrogen-bond donors (Lipinski definition) is 1. The monoisotopic (exact) mass is 427 g/mol. The molecule has 0 unspecified atom stereocenters. The van der Waals surface area contributed by atoms with Gasteiger partial charge >= 0.3 is 5.97 Å². The molecule has 3 rings (SSSR count). The standard InChI is InChI=1S/C19H19Cl2NO4S/c1-25-19(24)17-12-4-2-5-15(12)27-18(17)22-16(23)6-3-9-26-14-8-7-11(20)10-13(14)21/h7-8,10H,2-6,9H2,1H3,(H,22,23). The number of amides is 1. The maximum absolute atomic E-state index is 12.3. The second-order valence-corrected chi connectivity index (χ2v) is 8.08. The highest BCUT2D eigenvalue weighted by atomic mass is 35.5. The van der Waals surface area contributed by atoms with Gasteiger partial charge in [0.1, 0.15) is 10.8 Å². The zero-order valence-corrected chi connectivity index (χ0v) is 17.1. The number of ether oxygens (including phenoxy) is 2. The summed E-state index contributed by atoms with van der Waals surface area (Å²) < 4.78 is 10.5. The number of anilines is 1. The fourth-order valence-corrected chi connectivity index (χ4v) is 4.76. The summed E-state index contributed by atoms with van der Waals surface area (Å²) in [7, 11) is 1.35. The molecule has 0 fully saturated rings. The Hall–Kier alpha value is -1.76. The van der Waals surface area contributed by atoms with Crippen LogP contribution in [-0.4, -0.2) is 25.6 Å². The molecular formula is C19H19Cl2NO4S. The molecule has 1 N–H and O–H groups in total. The molecule has 0 saturated carbocycles. The van der Waals surface area contributed by atoms with Gasteiger partial charge < -0.3 is 14.8 Å². The Kier molecular flexibility index (Phi) is 6.63. The van der Waals surface area contributed by atoms with Gasteiger partial charge in [-0.25, -0.2) is 4.79 Å². The Morgan fingerprint density at radius 1 is 1.26 bits per heavy atom. The summed E-state index contributed by atoms with van der Waals surface area (Å²) in [5.74, 6) is -0.0274. The minimum Gasteiger partial charge on any atom is -0.492 e. The van der Waals surface area contributed by atoms with Gasteiger partial charge in [-0.1, -0.05) is 23.2 Å². The second-order valence-electron chi connectivity index (χ2n) is 6.13. The largest absolute Gasteiger partial charge is 0.492 e. The van der Waals surface area contributed by atoms with E-state index in [-0.39, 0.29) is 12.3 Å². The van der Waals surface area contributed by atoms with Gasteiger partial charge in [-0.3, -0.25) is 4.79 Å². The van der Waals surface area contributed by atoms with Gasteiger partial charge in [0.25, 0.3) is 0 Å². The Balaban J connectivity index is 1.53. The number of carbonyl (C=O) groups is 2. The number of aryl methyl sites for hydroxylation is 1. The third kappa shape index (κ3) is 4.75. The van der Waals surface area contributed by atoms with Gasteiger partial charge in [0.15, 0.2) is 0 Å². The van der Waals surface area contributed by atoms with Crippen molar-refractivity contribution in [1.82, 2.24) is 0 Å². The van der Waals surface area contributed by atoms with E-state index in [4.69, 9.17) is 32.7 Å². The first kappa shape index (κ1) is 20.0. The topological polar surface area (TPSA) is 64.6 Å². The maximum Gasteiger partial charge on any atom is 0.341 e.